The van der Waals surface area contributed by atoms with E-state index in [1.807, 2.05) is 56.4 Å². The summed E-state index contributed by atoms with van der Waals surface area (Å²) >= 11 is 0. The predicted octanol–water partition coefficient (Wildman–Crippen LogP) is 2.65. The molecule has 0 saturated carbocycles. The van der Waals surface area contributed by atoms with Gasteiger partial charge in [-0.1, -0.05) is 30.3 Å². The highest BCUT2D eigenvalue weighted by molar-refractivity contribution is 5.93. The van der Waals surface area contributed by atoms with Crippen LogP contribution in [0.4, 0.5) is 0 Å². The number of benzene rings is 2. The molecule has 1 amide bonds. The first kappa shape index (κ1) is 20.3. The maximum Gasteiger partial charge on any atom is 0.251 e. The number of para-hydroxylation sites is 1. The lowest BCUT2D eigenvalue weighted by Crippen LogP contribution is -2.38. The van der Waals surface area contributed by atoms with Gasteiger partial charge in [-0.05, 0) is 30.7 Å². The number of hydrogen-bond donors (Lipinski definition) is 2. The number of guanidine groups is 1. The zero-order valence-electron chi connectivity index (χ0n) is 16.5. The van der Waals surface area contributed by atoms with E-state index < -0.39 is 0 Å². The van der Waals surface area contributed by atoms with E-state index in [4.69, 9.17) is 9.73 Å². The van der Waals surface area contributed by atoms with Gasteiger partial charge in [-0.25, -0.2) is 4.99 Å². The number of ether oxygens (including phenoxy) is 1. The van der Waals surface area contributed by atoms with Crippen molar-refractivity contribution >= 4 is 11.9 Å². The second kappa shape index (κ2) is 10.2. The molecule has 0 unspecified atom stereocenters. The Balaban J connectivity index is 2.09. The lowest BCUT2D eigenvalue weighted by atomic mass is 10.1. The van der Waals surface area contributed by atoms with Crippen molar-refractivity contribution in [2.75, 3.05) is 27.7 Å². The van der Waals surface area contributed by atoms with Gasteiger partial charge in [0, 0.05) is 38.3 Å². The summed E-state index contributed by atoms with van der Waals surface area (Å²) in [6.07, 6.45) is 0. The van der Waals surface area contributed by atoms with Gasteiger partial charge in [0.1, 0.15) is 5.75 Å². The van der Waals surface area contributed by atoms with Gasteiger partial charge in [0.2, 0.25) is 0 Å². The van der Waals surface area contributed by atoms with Crippen LogP contribution in [0, 0.1) is 0 Å². The minimum absolute atomic E-state index is 0.0880. The average Bonchev–Trinajstić information content (AvgIpc) is 2.71. The van der Waals surface area contributed by atoms with E-state index in [0.717, 1.165) is 29.4 Å². The van der Waals surface area contributed by atoms with E-state index >= 15 is 0 Å². The minimum atomic E-state index is -0.0880. The van der Waals surface area contributed by atoms with Crippen molar-refractivity contribution in [2.24, 2.45) is 4.99 Å². The first-order valence-corrected chi connectivity index (χ1v) is 9.01. The van der Waals surface area contributed by atoms with Gasteiger partial charge >= 0.3 is 0 Å². The lowest BCUT2D eigenvalue weighted by Gasteiger charge is -2.23. The molecule has 2 N–H and O–H groups in total. The Kier molecular flexibility index (Phi) is 7.67. The quantitative estimate of drug-likeness (QED) is 0.582. The van der Waals surface area contributed by atoms with E-state index in [0.29, 0.717) is 18.7 Å². The molecule has 2 aromatic rings. The SMILES string of the molecule is CCNC(=NCc1ccc(C(=O)NC)cc1)N(C)Cc1ccccc1OC. The smallest absolute Gasteiger partial charge is 0.251 e. The van der Waals surface area contributed by atoms with E-state index in [1.54, 1.807) is 14.2 Å². The Hall–Kier alpha value is -3.02. The third kappa shape index (κ3) is 5.74. The van der Waals surface area contributed by atoms with Crippen LogP contribution in [-0.2, 0) is 13.1 Å². The molecule has 0 aliphatic heterocycles. The number of nitrogens with zero attached hydrogens (tertiary/aromatic N) is 2. The fourth-order valence-corrected chi connectivity index (χ4v) is 2.71. The van der Waals surface area contributed by atoms with Crippen LogP contribution in [0.1, 0.15) is 28.4 Å². The number of amides is 1. The van der Waals surface area contributed by atoms with Gasteiger partial charge in [-0.3, -0.25) is 4.79 Å². The Bertz CT molecular complexity index is 772. The van der Waals surface area contributed by atoms with Gasteiger partial charge < -0.3 is 20.3 Å². The van der Waals surface area contributed by atoms with Crippen LogP contribution in [0.15, 0.2) is 53.5 Å². The molecule has 6 nitrogen and oxygen atoms in total. The summed E-state index contributed by atoms with van der Waals surface area (Å²) in [6.45, 7) is 4.05. The molecule has 0 fully saturated rings. The number of carbonyl (C=O) groups is 1. The topological polar surface area (TPSA) is 66.0 Å². The highest BCUT2D eigenvalue weighted by Crippen LogP contribution is 2.18. The number of nitrogens with one attached hydrogen (secondary N) is 2. The summed E-state index contributed by atoms with van der Waals surface area (Å²) in [5.74, 6) is 1.60. The summed E-state index contributed by atoms with van der Waals surface area (Å²) in [7, 11) is 5.31. The molecule has 0 heterocycles. The first-order valence-electron chi connectivity index (χ1n) is 9.01. The van der Waals surface area contributed by atoms with Crippen molar-refractivity contribution in [1.29, 1.82) is 0 Å². The first-order chi connectivity index (χ1) is 13.1. The molecule has 27 heavy (non-hydrogen) atoms. The molecule has 144 valence electrons. The largest absolute Gasteiger partial charge is 0.496 e. The Morgan fingerprint density at radius 2 is 1.85 bits per heavy atom. The highest BCUT2D eigenvalue weighted by atomic mass is 16.5. The summed E-state index contributed by atoms with van der Waals surface area (Å²) in [5, 5.41) is 5.94. The fraction of sp³-hybridized carbons (Fsp3) is 0.333. The van der Waals surface area contributed by atoms with Crippen LogP contribution in [0.2, 0.25) is 0 Å². The summed E-state index contributed by atoms with van der Waals surface area (Å²) in [6, 6.07) is 15.5. The van der Waals surface area contributed by atoms with E-state index in [2.05, 4.69) is 21.6 Å². The zero-order chi connectivity index (χ0) is 19.6. The van der Waals surface area contributed by atoms with E-state index in [1.165, 1.54) is 0 Å². The molecule has 0 aliphatic rings. The summed E-state index contributed by atoms with van der Waals surface area (Å²) in [5.41, 5.74) is 2.79. The third-order valence-electron chi connectivity index (χ3n) is 4.15. The van der Waals surface area contributed by atoms with Crippen LogP contribution in [0.3, 0.4) is 0 Å². The lowest BCUT2D eigenvalue weighted by molar-refractivity contribution is 0.0963. The van der Waals surface area contributed by atoms with Gasteiger partial charge in [-0.15, -0.1) is 0 Å². The van der Waals surface area contributed by atoms with Crippen LogP contribution in [0.25, 0.3) is 0 Å². The molecule has 2 aromatic carbocycles. The molecule has 0 saturated heterocycles. The van der Waals surface area contributed by atoms with E-state index in [9.17, 15) is 4.79 Å². The second-order valence-electron chi connectivity index (χ2n) is 6.11. The number of carbonyl (C=O) groups excluding carboxylic acids is 1. The van der Waals surface area contributed by atoms with Gasteiger partial charge in [0.25, 0.3) is 5.91 Å². The van der Waals surface area contributed by atoms with Crippen molar-refractivity contribution in [2.45, 2.75) is 20.0 Å². The number of aliphatic imine (C=N–C) groups is 1. The van der Waals surface area contributed by atoms with Gasteiger partial charge in [0.05, 0.1) is 13.7 Å². The fourth-order valence-electron chi connectivity index (χ4n) is 2.71. The van der Waals surface area contributed by atoms with Crippen molar-refractivity contribution < 1.29 is 9.53 Å². The second-order valence-corrected chi connectivity index (χ2v) is 6.11. The van der Waals surface area contributed by atoms with Crippen LogP contribution in [0.5, 0.6) is 5.75 Å². The standard InChI is InChI=1S/C21H28N4O2/c1-5-23-21(25(3)15-18-8-6-7-9-19(18)27-4)24-14-16-10-12-17(13-11-16)20(26)22-2/h6-13H,5,14-15H2,1-4H3,(H,22,26)(H,23,24). The molecule has 6 heteroatoms. The van der Waals surface area contributed by atoms with Crippen molar-refractivity contribution in [3.63, 3.8) is 0 Å². The van der Waals surface area contributed by atoms with Crippen LogP contribution < -0.4 is 15.4 Å². The molecule has 0 spiro atoms. The third-order valence-corrected chi connectivity index (χ3v) is 4.15. The minimum Gasteiger partial charge on any atom is -0.496 e. The number of hydrogen-bond acceptors (Lipinski definition) is 3. The molecule has 0 radical (unpaired) electrons. The molecular weight excluding hydrogens is 340 g/mol. The Morgan fingerprint density at radius 3 is 2.48 bits per heavy atom. The Morgan fingerprint density at radius 1 is 1.15 bits per heavy atom. The van der Waals surface area contributed by atoms with Crippen LogP contribution >= 0.6 is 0 Å². The highest BCUT2D eigenvalue weighted by Gasteiger charge is 2.10. The Labute approximate surface area is 161 Å². The zero-order valence-corrected chi connectivity index (χ0v) is 16.5. The molecule has 0 aromatic heterocycles. The van der Waals surface area contributed by atoms with Gasteiger partial charge in [-0.2, -0.15) is 0 Å². The molecular formula is C21H28N4O2. The molecule has 0 atom stereocenters. The van der Waals surface area contributed by atoms with Gasteiger partial charge in [0.15, 0.2) is 5.96 Å². The molecule has 0 aliphatic carbocycles. The monoisotopic (exact) mass is 368 g/mol. The molecule has 2 rings (SSSR count). The summed E-state index contributed by atoms with van der Waals surface area (Å²) in [4.78, 5) is 18.4. The maximum atomic E-state index is 11.6. The predicted molar refractivity (Wildman–Crippen MR) is 109 cm³/mol. The van der Waals surface area contributed by atoms with Crippen molar-refractivity contribution in [3.05, 3.63) is 65.2 Å². The van der Waals surface area contributed by atoms with Crippen LogP contribution in [-0.4, -0.2) is 44.5 Å². The maximum absolute atomic E-state index is 11.6. The van der Waals surface area contributed by atoms with E-state index in [-0.39, 0.29) is 5.91 Å². The molecule has 0 bridgehead atoms. The van der Waals surface area contributed by atoms with Crippen molar-refractivity contribution in [3.8, 4) is 5.75 Å². The number of methoxy groups -OCH3 is 1. The normalized spacial score (nSPS) is 11.0. The average molecular weight is 368 g/mol. The number of rotatable bonds is 7. The van der Waals surface area contributed by atoms with Crippen molar-refractivity contribution in [1.82, 2.24) is 15.5 Å². The summed E-state index contributed by atoms with van der Waals surface area (Å²) < 4.78 is 5.44.